The van der Waals surface area contributed by atoms with Crippen LogP contribution in [0.2, 0.25) is 0 Å². The van der Waals surface area contributed by atoms with Crippen molar-refractivity contribution >= 4 is 33.7 Å². The summed E-state index contributed by atoms with van der Waals surface area (Å²) in [5, 5.41) is 14.0. The maximum Gasteiger partial charge on any atom is 0.319 e. The number of hydrogen-bond donors (Lipinski definition) is 3. The summed E-state index contributed by atoms with van der Waals surface area (Å²) in [6, 6.07) is 8.04. The van der Waals surface area contributed by atoms with Gasteiger partial charge in [-0.3, -0.25) is 19.4 Å². The van der Waals surface area contributed by atoms with Gasteiger partial charge >= 0.3 is 11.9 Å². The zero-order valence-corrected chi connectivity index (χ0v) is 31.6. The molecule has 6 fully saturated rings. The van der Waals surface area contributed by atoms with E-state index >= 15 is 0 Å². The van der Waals surface area contributed by atoms with Crippen LogP contribution in [0.4, 0.5) is 0 Å². The molecule has 2 aromatic carbocycles. The first kappa shape index (κ1) is 33.5. The molecule has 8 heterocycles. The van der Waals surface area contributed by atoms with Crippen molar-refractivity contribution in [3.05, 3.63) is 46.8 Å². The van der Waals surface area contributed by atoms with E-state index in [9.17, 15) is 14.7 Å². The minimum atomic E-state index is -0.816. The SMILES string of the molecule is CCC1CC2CN3CCc4c([nH]c5c(-c6c(OC)ccc7c8c([nH]c67)[C@]6(C(=O)OC)CC7CC(CC)C6N(CC8)C7)c(O)ccc45)[C@](C(=O)OC)(C2)C13. The summed E-state index contributed by atoms with van der Waals surface area (Å²) in [5.74, 6) is 2.07. The number of piperidine rings is 4. The van der Waals surface area contributed by atoms with E-state index in [-0.39, 0.29) is 29.8 Å². The van der Waals surface area contributed by atoms with Crippen molar-refractivity contribution in [2.45, 2.75) is 88.1 Å². The van der Waals surface area contributed by atoms with Crippen LogP contribution in [-0.2, 0) is 42.7 Å². The molecule has 10 atom stereocenters. The highest BCUT2D eigenvalue weighted by Crippen LogP contribution is 2.59. The van der Waals surface area contributed by atoms with Gasteiger partial charge in [0.1, 0.15) is 22.3 Å². The fourth-order valence-corrected chi connectivity index (χ4v) is 13.4. The van der Waals surface area contributed by atoms with Crippen LogP contribution in [0.1, 0.15) is 74.9 Å². The monoisotopic (exact) mass is 720 g/mol. The lowest BCUT2D eigenvalue weighted by Gasteiger charge is -2.57. The zero-order chi connectivity index (χ0) is 36.6. The Balaban J connectivity index is 1.24. The van der Waals surface area contributed by atoms with Crippen molar-refractivity contribution in [3.8, 4) is 22.6 Å². The van der Waals surface area contributed by atoms with E-state index in [2.05, 4.69) is 39.7 Å². The molecule has 280 valence electrons. The number of H-pyrrole nitrogens is 2. The highest BCUT2D eigenvalue weighted by atomic mass is 16.5. The molecule has 12 rings (SSSR count). The minimum absolute atomic E-state index is 0.0557. The van der Waals surface area contributed by atoms with Crippen LogP contribution in [-0.4, -0.2) is 96.4 Å². The van der Waals surface area contributed by atoms with Crippen molar-refractivity contribution < 1.29 is 28.9 Å². The normalized spacial score (nSPS) is 35.0. The fourth-order valence-electron chi connectivity index (χ4n) is 13.4. The number of hydrogen-bond acceptors (Lipinski definition) is 8. The number of benzene rings is 2. The number of phenols is 1. The highest BCUT2D eigenvalue weighted by molar-refractivity contribution is 6.10. The van der Waals surface area contributed by atoms with Crippen molar-refractivity contribution in [2.75, 3.05) is 47.5 Å². The van der Waals surface area contributed by atoms with Gasteiger partial charge in [-0.25, -0.2) is 0 Å². The van der Waals surface area contributed by atoms with Gasteiger partial charge < -0.3 is 29.3 Å². The van der Waals surface area contributed by atoms with Gasteiger partial charge in [0.05, 0.1) is 43.5 Å². The first-order chi connectivity index (χ1) is 25.7. The van der Waals surface area contributed by atoms with Gasteiger partial charge in [0.2, 0.25) is 0 Å². The summed E-state index contributed by atoms with van der Waals surface area (Å²) >= 11 is 0. The Labute approximate surface area is 310 Å². The predicted molar refractivity (Wildman–Crippen MR) is 202 cm³/mol. The molecule has 0 spiro atoms. The molecule has 0 radical (unpaired) electrons. The summed E-state index contributed by atoms with van der Waals surface area (Å²) in [6.45, 7) is 8.32. The molecule has 0 amide bonds. The molecule has 2 aliphatic carbocycles. The van der Waals surface area contributed by atoms with Gasteiger partial charge in [-0.1, -0.05) is 26.7 Å². The van der Waals surface area contributed by atoms with Gasteiger partial charge in [0.15, 0.2) is 0 Å². The number of fused-ring (bicyclic) bond motifs is 8. The molecule has 4 saturated heterocycles. The van der Waals surface area contributed by atoms with Gasteiger partial charge in [-0.15, -0.1) is 0 Å². The Hall–Kier alpha value is -4.02. The quantitative estimate of drug-likeness (QED) is 0.202. The van der Waals surface area contributed by atoms with E-state index in [4.69, 9.17) is 14.2 Å². The number of aromatic hydroxyl groups is 1. The highest BCUT2D eigenvalue weighted by Gasteiger charge is 2.64. The lowest BCUT2D eigenvalue weighted by molar-refractivity contribution is -0.163. The Kier molecular flexibility index (Phi) is 7.43. The minimum Gasteiger partial charge on any atom is -0.507 e. The summed E-state index contributed by atoms with van der Waals surface area (Å²) in [7, 11) is 4.72. The zero-order valence-electron chi connectivity index (χ0n) is 31.6. The average molecular weight is 721 g/mol. The number of phenolic OH excluding ortho intramolecular Hbond substituents is 1. The number of nitrogens with one attached hydrogen (secondary N) is 2. The number of aromatic amines is 2. The van der Waals surface area contributed by atoms with Crippen LogP contribution in [0.15, 0.2) is 24.3 Å². The largest absolute Gasteiger partial charge is 0.507 e. The van der Waals surface area contributed by atoms with Crippen LogP contribution >= 0.6 is 0 Å². The van der Waals surface area contributed by atoms with Crippen LogP contribution in [0.5, 0.6) is 11.5 Å². The number of rotatable bonds is 6. The summed E-state index contributed by atoms with van der Waals surface area (Å²) in [5.41, 5.74) is 5.63. The number of carbonyl (C=O) groups is 2. The fraction of sp³-hybridized carbons (Fsp3) is 0.581. The molecule has 8 unspecified atom stereocenters. The van der Waals surface area contributed by atoms with Crippen molar-refractivity contribution in [2.24, 2.45) is 23.7 Å². The topological polar surface area (TPSA) is 120 Å². The van der Waals surface area contributed by atoms with E-state index in [1.807, 2.05) is 12.1 Å². The molecule has 6 aliphatic heterocycles. The Morgan fingerprint density at radius 3 is 1.72 bits per heavy atom. The summed E-state index contributed by atoms with van der Waals surface area (Å²) < 4.78 is 17.6. The summed E-state index contributed by atoms with van der Waals surface area (Å²) in [6.07, 6.45) is 7.45. The summed E-state index contributed by atoms with van der Waals surface area (Å²) in [4.78, 5) is 41.5. The molecule has 3 N–H and O–H groups in total. The van der Waals surface area contributed by atoms with Crippen LogP contribution in [0.25, 0.3) is 32.9 Å². The van der Waals surface area contributed by atoms with E-state index in [1.165, 1.54) is 14.2 Å². The Morgan fingerprint density at radius 2 is 1.25 bits per heavy atom. The molecular weight excluding hydrogens is 668 g/mol. The molecule has 10 nitrogen and oxygen atoms in total. The molecule has 8 aliphatic rings. The smallest absolute Gasteiger partial charge is 0.319 e. The second-order valence-electron chi connectivity index (χ2n) is 17.2. The number of ether oxygens (including phenoxy) is 3. The van der Waals surface area contributed by atoms with Crippen molar-refractivity contribution in [1.29, 1.82) is 0 Å². The lowest BCUT2D eigenvalue weighted by atomic mass is 9.56. The third kappa shape index (κ3) is 4.17. The van der Waals surface area contributed by atoms with E-state index in [0.717, 1.165) is 127 Å². The number of esters is 2. The van der Waals surface area contributed by atoms with E-state index in [0.29, 0.717) is 35.0 Å². The molecule has 53 heavy (non-hydrogen) atoms. The van der Waals surface area contributed by atoms with E-state index < -0.39 is 10.8 Å². The van der Waals surface area contributed by atoms with Gasteiger partial charge in [0.25, 0.3) is 0 Å². The molecule has 2 aromatic heterocycles. The number of aromatic nitrogens is 2. The first-order valence-corrected chi connectivity index (χ1v) is 20.0. The van der Waals surface area contributed by atoms with Crippen molar-refractivity contribution in [1.82, 2.24) is 19.8 Å². The van der Waals surface area contributed by atoms with Crippen LogP contribution in [0, 0.1) is 23.7 Å². The Bertz CT molecular complexity index is 2190. The van der Waals surface area contributed by atoms with Crippen molar-refractivity contribution in [3.63, 3.8) is 0 Å². The first-order valence-electron chi connectivity index (χ1n) is 20.0. The average Bonchev–Trinajstić information content (AvgIpc) is 3.71. The predicted octanol–water partition coefficient (Wildman–Crippen LogP) is 6.21. The molecule has 8 bridgehead atoms. The van der Waals surface area contributed by atoms with Gasteiger partial charge in [-0.05, 0) is 97.6 Å². The number of nitrogens with zero attached hydrogens (tertiary/aromatic N) is 2. The maximum atomic E-state index is 14.3. The maximum absolute atomic E-state index is 14.3. The third-order valence-electron chi connectivity index (χ3n) is 15.1. The second-order valence-corrected chi connectivity index (χ2v) is 17.2. The van der Waals surface area contributed by atoms with E-state index in [1.54, 1.807) is 13.2 Å². The van der Waals surface area contributed by atoms with Crippen LogP contribution < -0.4 is 4.74 Å². The Morgan fingerprint density at radius 1 is 0.755 bits per heavy atom. The lowest BCUT2D eigenvalue weighted by Crippen LogP contribution is -2.67. The van der Waals surface area contributed by atoms with Gasteiger partial charge in [-0.2, -0.15) is 0 Å². The molecule has 10 heteroatoms. The molecule has 2 saturated carbocycles. The number of carbonyl (C=O) groups excluding carboxylic acids is 2. The molecule has 4 aromatic rings. The molecular formula is C43H52N4O6. The second kappa shape index (κ2) is 11.7. The van der Waals surface area contributed by atoms with Crippen LogP contribution in [0.3, 0.4) is 0 Å². The number of methoxy groups -OCH3 is 3. The standard InChI is InChI=1S/C43H52N4O6/c1-6-24-16-22-18-42(40(49)52-4)36-28(12-14-46(20-22)38(24)42)26-8-10-30(48)32(34(26)44-36)33-31(51-3)11-9-27-29-13-15-47-21-23-17-25(7-2)39(47)43(19-23,41(50)53-5)37(29)45-35(27)33/h8-11,22-25,38-39,44-45,48H,6-7,12-21H2,1-5H3/t22?,23?,24?,25?,38?,39?,42-,43-/m1/s1. The third-order valence-corrected chi connectivity index (χ3v) is 15.1. The van der Waals surface area contributed by atoms with Gasteiger partial charge in [0, 0.05) is 60.4 Å².